The maximum absolute atomic E-state index is 13.8. The molecule has 1 aromatic rings. The van der Waals surface area contributed by atoms with E-state index < -0.39 is 0 Å². The van der Waals surface area contributed by atoms with Gasteiger partial charge in [-0.3, -0.25) is 4.79 Å². The molecule has 1 aromatic carbocycles. The molecule has 98 valence electrons. The van der Waals surface area contributed by atoms with Crippen molar-refractivity contribution in [2.24, 2.45) is 0 Å². The van der Waals surface area contributed by atoms with Crippen LogP contribution in [0.5, 0.6) is 5.75 Å². The number of hydrogen-bond acceptors (Lipinski definition) is 3. The fourth-order valence-electron chi connectivity index (χ4n) is 2.12. The quantitative estimate of drug-likeness (QED) is 0.799. The smallest absolute Gasteiger partial charge is 0.219 e. The van der Waals surface area contributed by atoms with Crippen LogP contribution >= 0.6 is 0 Å². The molecule has 0 aromatic heterocycles. The Labute approximate surface area is 106 Å². The van der Waals surface area contributed by atoms with E-state index in [0.717, 1.165) is 0 Å². The second-order valence-electron chi connectivity index (χ2n) is 4.31. The van der Waals surface area contributed by atoms with E-state index in [2.05, 4.69) is 0 Å². The van der Waals surface area contributed by atoms with Crippen molar-refractivity contribution in [2.75, 3.05) is 38.2 Å². The molecule has 0 radical (unpaired) electrons. The second-order valence-corrected chi connectivity index (χ2v) is 4.31. The van der Waals surface area contributed by atoms with Gasteiger partial charge in [-0.15, -0.1) is 0 Å². The zero-order chi connectivity index (χ0) is 13.1. The van der Waals surface area contributed by atoms with Crippen LogP contribution in [0.25, 0.3) is 0 Å². The molecule has 4 nitrogen and oxygen atoms in total. The minimum absolute atomic E-state index is 0.0702. The Morgan fingerprint density at radius 2 is 1.94 bits per heavy atom. The minimum Gasteiger partial charge on any atom is -0.497 e. The van der Waals surface area contributed by atoms with E-state index in [4.69, 9.17) is 4.74 Å². The molecular weight excluding hydrogens is 235 g/mol. The summed E-state index contributed by atoms with van der Waals surface area (Å²) in [4.78, 5) is 14.9. The molecule has 1 heterocycles. The lowest BCUT2D eigenvalue weighted by molar-refractivity contribution is -0.129. The van der Waals surface area contributed by atoms with E-state index in [1.54, 1.807) is 31.1 Å². The van der Waals surface area contributed by atoms with Crippen LogP contribution in [0.2, 0.25) is 0 Å². The number of anilines is 1. The van der Waals surface area contributed by atoms with Crippen molar-refractivity contribution in [2.45, 2.75) is 6.92 Å². The van der Waals surface area contributed by atoms with Crippen molar-refractivity contribution < 1.29 is 13.9 Å². The third-order valence-corrected chi connectivity index (χ3v) is 3.22. The standard InChI is InChI=1S/C13H17FN2O2/c1-10(17)15-5-7-16(8-6-15)13-9-11(18-2)3-4-12(13)14/h3-4,9H,5-8H2,1-2H3. The predicted molar refractivity (Wildman–Crippen MR) is 67.4 cm³/mol. The molecule has 18 heavy (non-hydrogen) atoms. The van der Waals surface area contributed by atoms with Crippen LogP contribution in [0.4, 0.5) is 10.1 Å². The van der Waals surface area contributed by atoms with Crippen molar-refractivity contribution in [3.63, 3.8) is 0 Å². The summed E-state index contributed by atoms with van der Waals surface area (Å²) in [5, 5.41) is 0. The molecule has 0 bridgehead atoms. The van der Waals surface area contributed by atoms with Gasteiger partial charge in [0.15, 0.2) is 0 Å². The van der Waals surface area contributed by atoms with E-state index in [1.807, 2.05) is 4.90 Å². The van der Waals surface area contributed by atoms with Gasteiger partial charge < -0.3 is 14.5 Å². The Morgan fingerprint density at radius 1 is 1.28 bits per heavy atom. The number of carbonyl (C=O) groups is 1. The van der Waals surface area contributed by atoms with Gasteiger partial charge in [0.25, 0.3) is 0 Å². The number of nitrogens with zero attached hydrogens (tertiary/aromatic N) is 2. The fourth-order valence-corrected chi connectivity index (χ4v) is 2.12. The van der Waals surface area contributed by atoms with Gasteiger partial charge in [-0.25, -0.2) is 4.39 Å². The van der Waals surface area contributed by atoms with Gasteiger partial charge in [-0.1, -0.05) is 0 Å². The zero-order valence-electron chi connectivity index (χ0n) is 10.6. The average Bonchev–Trinajstić information content (AvgIpc) is 2.39. The Balaban J connectivity index is 2.11. The zero-order valence-corrected chi connectivity index (χ0v) is 10.6. The van der Waals surface area contributed by atoms with E-state index in [0.29, 0.717) is 37.6 Å². The highest BCUT2D eigenvalue weighted by molar-refractivity contribution is 5.73. The van der Waals surface area contributed by atoms with E-state index in [9.17, 15) is 9.18 Å². The van der Waals surface area contributed by atoms with Crippen molar-refractivity contribution in [1.82, 2.24) is 4.90 Å². The molecule has 0 atom stereocenters. The molecule has 1 aliphatic heterocycles. The first-order chi connectivity index (χ1) is 8.61. The van der Waals surface area contributed by atoms with Crippen molar-refractivity contribution in [1.29, 1.82) is 0 Å². The van der Waals surface area contributed by atoms with Crippen LogP contribution in [0.1, 0.15) is 6.92 Å². The molecule has 5 heteroatoms. The van der Waals surface area contributed by atoms with Gasteiger partial charge in [0.05, 0.1) is 12.8 Å². The molecule has 1 aliphatic rings. The van der Waals surface area contributed by atoms with Gasteiger partial charge in [-0.05, 0) is 12.1 Å². The average molecular weight is 252 g/mol. The fraction of sp³-hybridized carbons (Fsp3) is 0.462. The number of methoxy groups -OCH3 is 1. The van der Waals surface area contributed by atoms with Crippen molar-refractivity contribution >= 4 is 11.6 Å². The molecule has 1 amide bonds. The first kappa shape index (κ1) is 12.7. The van der Waals surface area contributed by atoms with Gasteiger partial charge in [0, 0.05) is 39.2 Å². The highest BCUT2D eigenvalue weighted by Crippen LogP contribution is 2.25. The van der Waals surface area contributed by atoms with Crippen LogP contribution in [0.15, 0.2) is 18.2 Å². The monoisotopic (exact) mass is 252 g/mol. The van der Waals surface area contributed by atoms with Crippen LogP contribution in [-0.2, 0) is 4.79 Å². The van der Waals surface area contributed by atoms with Gasteiger partial charge in [0.1, 0.15) is 11.6 Å². The van der Waals surface area contributed by atoms with Crippen molar-refractivity contribution in [3.8, 4) is 5.75 Å². The Bertz CT molecular complexity index is 443. The summed E-state index contributed by atoms with van der Waals surface area (Å²) in [7, 11) is 1.56. The number of ether oxygens (including phenoxy) is 1. The summed E-state index contributed by atoms with van der Waals surface area (Å²) in [5.41, 5.74) is 0.539. The summed E-state index contributed by atoms with van der Waals surface area (Å²) in [5.74, 6) is 0.452. The molecule has 2 rings (SSSR count). The summed E-state index contributed by atoms with van der Waals surface area (Å²) in [6, 6.07) is 4.70. The summed E-state index contributed by atoms with van der Waals surface area (Å²) >= 11 is 0. The SMILES string of the molecule is COc1ccc(F)c(N2CCN(C(C)=O)CC2)c1. The third kappa shape index (κ3) is 2.55. The Kier molecular flexibility index (Phi) is 3.69. The van der Waals surface area contributed by atoms with E-state index >= 15 is 0 Å². The number of benzene rings is 1. The maximum atomic E-state index is 13.8. The number of rotatable bonds is 2. The molecular formula is C13H17FN2O2. The summed E-state index contributed by atoms with van der Waals surface area (Å²) in [6.45, 7) is 4.10. The summed E-state index contributed by atoms with van der Waals surface area (Å²) < 4.78 is 18.9. The molecule has 0 spiro atoms. The molecule has 1 saturated heterocycles. The second kappa shape index (κ2) is 5.25. The lowest BCUT2D eigenvalue weighted by Crippen LogP contribution is -2.48. The predicted octanol–water partition coefficient (Wildman–Crippen LogP) is 1.50. The number of halogens is 1. The van der Waals surface area contributed by atoms with Gasteiger partial charge >= 0.3 is 0 Å². The van der Waals surface area contributed by atoms with Gasteiger partial charge in [0.2, 0.25) is 5.91 Å². The van der Waals surface area contributed by atoms with Crippen molar-refractivity contribution in [3.05, 3.63) is 24.0 Å². The highest BCUT2D eigenvalue weighted by atomic mass is 19.1. The minimum atomic E-state index is -0.257. The molecule has 0 N–H and O–H groups in total. The lowest BCUT2D eigenvalue weighted by Gasteiger charge is -2.35. The first-order valence-electron chi connectivity index (χ1n) is 5.96. The normalized spacial score (nSPS) is 15.7. The first-order valence-corrected chi connectivity index (χ1v) is 5.96. The topological polar surface area (TPSA) is 32.8 Å². The number of piperazine rings is 1. The highest BCUT2D eigenvalue weighted by Gasteiger charge is 2.21. The largest absolute Gasteiger partial charge is 0.497 e. The van der Waals surface area contributed by atoms with Crippen LogP contribution < -0.4 is 9.64 Å². The lowest BCUT2D eigenvalue weighted by atomic mass is 10.2. The summed E-state index contributed by atoms with van der Waals surface area (Å²) in [6.07, 6.45) is 0. The number of amides is 1. The van der Waals surface area contributed by atoms with Crippen LogP contribution in [0.3, 0.4) is 0 Å². The Morgan fingerprint density at radius 3 is 2.50 bits per heavy atom. The molecule has 0 aliphatic carbocycles. The molecule has 0 saturated carbocycles. The van der Waals surface area contributed by atoms with Crippen LogP contribution in [0, 0.1) is 5.82 Å². The molecule has 1 fully saturated rings. The Hall–Kier alpha value is -1.78. The van der Waals surface area contributed by atoms with Gasteiger partial charge in [-0.2, -0.15) is 0 Å². The van der Waals surface area contributed by atoms with E-state index in [1.165, 1.54) is 6.07 Å². The molecule has 0 unspecified atom stereocenters. The van der Waals surface area contributed by atoms with E-state index in [-0.39, 0.29) is 11.7 Å². The maximum Gasteiger partial charge on any atom is 0.219 e. The third-order valence-electron chi connectivity index (χ3n) is 3.22. The number of hydrogen-bond donors (Lipinski definition) is 0. The van der Waals surface area contributed by atoms with Crippen LogP contribution in [-0.4, -0.2) is 44.1 Å². The number of carbonyl (C=O) groups excluding carboxylic acids is 1.